The zero-order valence-corrected chi connectivity index (χ0v) is 13.0. The molecule has 2 aromatic rings. The Hall–Kier alpha value is -1.58. The second-order valence-corrected chi connectivity index (χ2v) is 5.48. The van der Waals surface area contributed by atoms with Gasteiger partial charge in [-0.05, 0) is 49.1 Å². The summed E-state index contributed by atoms with van der Waals surface area (Å²) in [7, 11) is 1.73. The first-order chi connectivity index (χ1) is 10.3. The highest BCUT2D eigenvalue weighted by molar-refractivity contribution is 5.26. The van der Waals surface area contributed by atoms with Gasteiger partial charge in [0.2, 0.25) is 0 Å². The lowest BCUT2D eigenvalue weighted by Gasteiger charge is -2.18. The molecule has 0 fully saturated rings. The molecule has 1 unspecified atom stereocenters. The van der Waals surface area contributed by atoms with Gasteiger partial charge in [0.25, 0.3) is 0 Å². The maximum atomic E-state index is 5.51. The lowest BCUT2D eigenvalue weighted by molar-refractivity contribution is 0.197. The van der Waals surface area contributed by atoms with Crippen molar-refractivity contribution in [1.82, 2.24) is 5.32 Å². The third-order valence-electron chi connectivity index (χ3n) is 3.76. The van der Waals surface area contributed by atoms with E-state index in [0.29, 0.717) is 5.92 Å². The molecule has 2 rings (SSSR count). The van der Waals surface area contributed by atoms with Crippen molar-refractivity contribution in [2.24, 2.45) is 5.92 Å². The van der Waals surface area contributed by atoms with Gasteiger partial charge in [0.1, 0.15) is 5.76 Å². The van der Waals surface area contributed by atoms with E-state index in [2.05, 4.69) is 42.6 Å². The predicted molar refractivity (Wildman–Crippen MR) is 85.5 cm³/mol. The Labute approximate surface area is 127 Å². The number of hydrogen-bond donors (Lipinski definition) is 1. The SMILES string of the molecule is COCCNCC(Cc1ccco1)Cc1ccccc1C. The molecule has 0 amide bonds. The van der Waals surface area contributed by atoms with Gasteiger partial charge in [-0.3, -0.25) is 0 Å². The van der Waals surface area contributed by atoms with Gasteiger partial charge in [0.05, 0.1) is 12.9 Å². The van der Waals surface area contributed by atoms with Crippen LogP contribution in [0.3, 0.4) is 0 Å². The van der Waals surface area contributed by atoms with Crippen LogP contribution < -0.4 is 5.32 Å². The number of rotatable bonds is 9. The first-order valence-electron chi connectivity index (χ1n) is 7.56. The summed E-state index contributed by atoms with van der Waals surface area (Å²) in [5, 5.41) is 3.47. The van der Waals surface area contributed by atoms with Gasteiger partial charge >= 0.3 is 0 Å². The van der Waals surface area contributed by atoms with E-state index in [1.165, 1.54) is 11.1 Å². The van der Waals surface area contributed by atoms with E-state index < -0.39 is 0 Å². The molecule has 1 aromatic carbocycles. The second-order valence-electron chi connectivity index (χ2n) is 5.48. The standard InChI is InChI=1S/C18H25NO2/c1-15-6-3-4-7-17(15)12-16(14-19-9-11-20-2)13-18-8-5-10-21-18/h3-8,10,16,19H,9,11-14H2,1-2H3. The van der Waals surface area contributed by atoms with E-state index in [1.807, 2.05) is 6.07 Å². The van der Waals surface area contributed by atoms with Crippen LogP contribution in [0.15, 0.2) is 47.1 Å². The number of nitrogens with one attached hydrogen (secondary N) is 1. The van der Waals surface area contributed by atoms with Crippen LogP contribution in [-0.2, 0) is 17.6 Å². The molecule has 0 spiro atoms. The fourth-order valence-corrected chi connectivity index (χ4v) is 2.56. The number of aryl methyl sites for hydroxylation is 1. The van der Waals surface area contributed by atoms with Crippen molar-refractivity contribution in [3.8, 4) is 0 Å². The molecule has 1 heterocycles. The molecule has 21 heavy (non-hydrogen) atoms. The molecule has 3 nitrogen and oxygen atoms in total. The van der Waals surface area contributed by atoms with E-state index >= 15 is 0 Å². The highest BCUT2D eigenvalue weighted by Gasteiger charge is 2.13. The Bertz CT molecular complexity index is 508. The minimum Gasteiger partial charge on any atom is -0.469 e. The maximum absolute atomic E-state index is 5.51. The van der Waals surface area contributed by atoms with Crippen LogP contribution in [0.5, 0.6) is 0 Å². The first kappa shape index (κ1) is 15.8. The Morgan fingerprint density at radius 2 is 2.00 bits per heavy atom. The van der Waals surface area contributed by atoms with Gasteiger partial charge in [-0.2, -0.15) is 0 Å². The number of methoxy groups -OCH3 is 1. The van der Waals surface area contributed by atoms with Crippen molar-refractivity contribution in [2.75, 3.05) is 26.8 Å². The van der Waals surface area contributed by atoms with E-state index in [4.69, 9.17) is 9.15 Å². The Morgan fingerprint density at radius 3 is 2.71 bits per heavy atom. The van der Waals surface area contributed by atoms with Crippen LogP contribution in [0.1, 0.15) is 16.9 Å². The van der Waals surface area contributed by atoms with Crippen molar-refractivity contribution in [2.45, 2.75) is 19.8 Å². The summed E-state index contributed by atoms with van der Waals surface area (Å²) in [6.45, 7) is 4.78. The second kappa shape index (κ2) is 8.65. The molecule has 0 aliphatic heterocycles. The van der Waals surface area contributed by atoms with E-state index in [-0.39, 0.29) is 0 Å². The zero-order valence-electron chi connectivity index (χ0n) is 13.0. The highest BCUT2D eigenvalue weighted by atomic mass is 16.5. The van der Waals surface area contributed by atoms with Crippen molar-refractivity contribution in [1.29, 1.82) is 0 Å². The smallest absolute Gasteiger partial charge is 0.104 e. The molecule has 0 aliphatic rings. The van der Waals surface area contributed by atoms with Crippen LogP contribution >= 0.6 is 0 Å². The summed E-state index contributed by atoms with van der Waals surface area (Å²) in [5.74, 6) is 1.58. The van der Waals surface area contributed by atoms with Gasteiger partial charge in [-0.1, -0.05) is 24.3 Å². The lowest BCUT2D eigenvalue weighted by Crippen LogP contribution is -2.28. The van der Waals surface area contributed by atoms with E-state index in [1.54, 1.807) is 13.4 Å². The number of benzene rings is 1. The van der Waals surface area contributed by atoms with Gasteiger partial charge in [-0.15, -0.1) is 0 Å². The van der Waals surface area contributed by atoms with E-state index in [0.717, 1.165) is 38.3 Å². The van der Waals surface area contributed by atoms with Crippen LogP contribution in [-0.4, -0.2) is 26.8 Å². The van der Waals surface area contributed by atoms with Crippen LogP contribution in [0.4, 0.5) is 0 Å². The zero-order chi connectivity index (χ0) is 14.9. The number of hydrogen-bond acceptors (Lipinski definition) is 3. The van der Waals surface area contributed by atoms with Crippen LogP contribution in [0, 0.1) is 12.8 Å². The fraction of sp³-hybridized carbons (Fsp3) is 0.444. The molecule has 0 saturated heterocycles. The highest BCUT2D eigenvalue weighted by Crippen LogP contribution is 2.17. The molecular weight excluding hydrogens is 262 g/mol. The number of furan rings is 1. The van der Waals surface area contributed by atoms with Gasteiger partial charge < -0.3 is 14.5 Å². The van der Waals surface area contributed by atoms with Gasteiger partial charge in [0, 0.05) is 20.1 Å². The lowest BCUT2D eigenvalue weighted by atomic mass is 9.92. The van der Waals surface area contributed by atoms with Crippen LogP contribution in [0.25, 0.3) is 0 Å². The van der Waals surface area contributed by atoms with Gasteiger partial charge in [0.15, 0.2) is 0 Å². The Balaban J connectivity index is 1.95. The number of ether oxygens (including phenoxy) is 1. The molecule has 0 aliphatic carbocycles. The third-order valence-corrected chi connectivity index (χ3v) is 3.76. The molecule has 0 radical (unpaired) electrons. The Kier molecular flexibility index (Phi) is 6.51. The Morgan fingerprint density at radius 1 is 1.14 bits per heavy atom. The van der Waals surface area contributed by atoms with Crippen molar-refractivity contribution >= 4 is 0 Å². The first-order valence-corrected chi connectivity index (χ1v) is 7.56. The normalized spacial score (nSPS) is 12.5. The van der Waals surface area contributed by atoms with Crippen LogP contribution in [0.2, 0.25) is 0 Å². The molecule has 1 aromatic heterocycles. The quantitative estimate of drug-likeness (QED) is 0.719. The molecule has 114 valence electrons. The van der Waals surface area contributed by atoms with Crippen molar-refractivity contribution in [3.63, 3.8) is 0 Å². The minimum absolute atomic E-state index is 0.522. The molecule has 0 bridgehead atoms. The third kappa shape index (κ3) is 5.37. The molecule has 1 N–H and O–H groups in total. The summed E-state index contributed by atoms with van der Waals surface area (Å²) in [6, 6.07) is 12.6. The summed E-state index contributed by atoms with van der Waals surface area (Å²) in [5.41, 5.74) is 2.78. The average Bonchev–Trinajstić information content (AvgIpc) is 2.99. The summed E-state index contributed by atoms with van der Waals surface area (Å²) in [6.07, 6.45) is 3.77. The largest absolute Gasteiger partial charge is 0.469 e. The maximum Gasteiger partial charge on any atom is 0.104 e. The fourth-order valence-electron chi connectivity index (χ4n) is 2.56. The minimum atomic E-state index is 0.522. The van der Waals surface area contributed by atoms with E-state index in [9.17, 15) is 0 Å². The average molecular weight is 287 g/mol. The van der Waals surface area contributed by atoms with Crippen molar-refractivity contribution in [3.05, 3.63) is 59.5 Å². The molecular formula is C18H25NO2. The molecule has 3 heteroatoms. The van der Waals surface area contributed by atoms with Gasteiger partial charge in [-0.25, -0.2) is 0 Å². The molecule has 0 saturated carbocycles. The summed E-state index contributed by atoms with van der Waals surface area (Å²) >= 11 is 0. The predicted octanol–water partition coefficient (Wildman–Crippen LogP) is 3.23. The summed E-state index contributed by atoms with van der Waals surface area (Å²) < 4.78 is 10.6. The summed E-state index contributed by atoms with van der Waals surface area (Å²) in [4.78, 5) is 0. The topological polar surface area (TPSA) is 34.4 Å². The van der Waals surface area contributed by atoms with Crippen molar-refractivity contribution < 1.29 is 9.15 Å². The monoisotopic (exact) mass is 287 g/mol. The molecule has 1 atom stereocenters.